The maximum absolute atomic E-state index is 14.9. The van der Waals surface area contributed by atoms with Crippen molar-refractivity contribution >= 4 is 44.7 Å². The lowest BCUT2D eigenvalue weighted by atomic mass is 9.96. The first-order valence-electron chi connectivity index (χ1n) is 21.3. The highest BCUT2D eigenvalue weighted by Crippen LogP contribution is 2.47. The Labute approximate surface area is 334 Å². The first-order chi connectivity index (χ1) is 27.5. The van der Waals surface area contributed by atoms with E-state index in [1.165, 1.54) is 4.90 Å². The summed E-state index contributed by atoms with van der Waals surface area (Å²) >= 11 is 0. The number of methoxy groups -OCH3 is 1. The first-order valence-corrected chi connectivity index (χ1v) is 22.8. The number of sulfonamides is 1. The van der Waals surface area contributed by atoms with E-state index < -0.39 is 62.8 Å². The lowest BCUT2D eigenvalue weighted by Gasteiger charge is -2.32. The summed E-state index contributed by atoms with van der Waals surface area (Å²) in [5, 5.41) is 6.17. The van der Waals surface area contributed by atoms with Gasteiger partial charge in [-0.25, -0.2) is 18.2 Å². The Hall–Kier alpha value is -4.14. The molecule has 2 aromatic rings. The van der Waals surface area contributed by atoms with Gasteiger partial charge < -0.3 is 29.7 Å². The Balaban J connectivity index is 1.14. The van der Waals surface area contributed by atoms with Crippen LogP contribution in [0.25, 0.3) is 10.9 Å². The van der Waals surface area contributed by atoms with E-state index in [4.69, 9.17) is 19.2 Å². The summed E-state index contributed by atoms with van der Waals surface area (Å²) in [5.41, 5.74) is 0.108. The number of carbonyl (C=O) groups is 4. The lowest BCUT2D eigenvalue weighted by molar-refractivity contribution is -0.142. The van der Waals surface area contributed by atoms with E-state index in [9.17, 15) is 27.6 Å². The summed E-state index contributed by atoms with van der Waals surface area (Å²) in [5.74, 6) is -0.805. The minimum atomic E-state index is -3.86. The van der Waals surface area contributed by atoms with E-state index in [1.807, 2.05) is 31.2 Å². The molecule has 1 aromatic heterocycles. The largest absolute Gasteiger partial charge is 0.496 e. The number of carbonyl (C=O) groups excluding carboxylic acids is 4. The molecule has 0 radical (unpaired) electrons. The summed E-state index contributed by atoms with van der Waals surface area (Å²) in [4.78, 5) is 63.3. The molecule has 57 heavy (non-hydrogen) atoms. The highest BCUT2D eigenvalue weighted by molar-refractivity contribution is 7.91. The molecule has 310 valence electrons. The average Bonchev–Trinajstić information content (AvgIpc) is 3.98. The number of benzene rings is 1. The maximum Gasteiger partial charge on any atom is 0.408 e. The van der Waals surface area contributed by atoms with Gasteiger partial charge in [-0.05, 0) is 101 Å². The Morgan fingerprint density at radius 2 is 1.70 bits per heavy atom. The number of pyridine rings is 1. The van der Waals surface area contributed by atoms with Gasteiger partial charge in [0.15, 0.2) is 0 Å². The molecule has 3 N–H and O–H groups in total. The molecular weight excluding hydrogens is 751 g/mol. The highest BCUT2D eigenvalue weighted by Gasteiger charge is 2.62. The molecule has 2 aliphatic heterocycles. The van der Waals surface area contributed by atoms with Gasteiger partial charge in [0.05, 0.1) is 30.0 Å². The molecule has 2 bridgehead atoms. The number of hydrogen-bond acceptors (Lipinski definition) is 10. The molecule has 8 rings (SSSR count). The molecule has 3 heterocycles. The number of ether oxygens (including phenoxy) is 3. The second-order valence-electron chi connectivity index (χ2n) is 17.3. The van der Waals surface area contributed by atoms with Gasteiger partial charge in [-0.1, -0.05) is 51.2 Å². The number of aromatic nitrogens is 1. The molecule has 1 unspecified atom stereocenters. The number of para-hydroxylation sites is 1. The van der Waals surface area contributed by atoms with E-state index in [-0.39, 0.29) is 43.2 Å². The molecule has 4 amide bonds. The smallest absolute Gasteiger partial charge is 0.408 e. The van der Waals surface area contributed by atoms with Gasteiger partial charge in [-0.3, -0.25) is 19.1 Å². The molecule has 0 spiro atoms. The molecule has 1 saturated heterocycles. The summed E-state index contributed by atoms with van der Waals surface area (Å²) in [7, 11) is -2.22. The second kappa shape index (κ2) is 16.2. The van der Waals surface area contributed by atoms with Crippen LogP contribution in [0.15, 0.2) is 24.3 Å². The van der Waals surface area contributed by atoms with Crippen LogP contribution in [0.3, 0.4) is 0 Å². The number of amides is 4. The van der Waals surface area contributed by atoms with Gasteiger partial charge >= 0.3 is 6.09 Å². The standard InChI is InChI=1S/C42H57N5O9S/c1-3-27-23-42(27,40(50)46-57(52,53)29-20-21-29)45-37(48)33-22-28-24-47(33)39(49)35(26-13-7-8-14-26)44-41(51)56-34-19-11-15-25(34)12-5-4-6-17-31-36(54-2)30-16-9-10-18-32(30)43-38(31)55-28/h9-10,16,18,25-29,33-35H,3-8,11-15,17,19-24H2,1-2H3,(H,44,51)(H,45,48)(H,46,50)/t25-,27-,28-,33+,34?,35+,42-/m1/s1. The van der Waals surface area contributed by atoms with Gasteiger partial charge in [0, 0.05) is 11.8 Å². The van der Waals surface area contributed by atoms with Crippen LogP contribution in [0, 0.1) is 17.8 Å². The van der Waals surface area contributed by atoms with Crippen LogP contribution >= 0.6 is 0 Å². The van der Waals surface area contributed by atoms with Crippen LogP contribution < -0.4 is 24.8 Å². The van der Waals surface area contributed by atoms with Crippen molar-refractivity contribution in [3.8, 4) is 11.6 Å². The van der Waals surface area contributed by atoms with Crippen LogP contribution in [0.2, 0.25) is 0 Å². The summed E-state index contributed by atoms with van der Waals surface area (Å²) < 4.78 is 46.8. The van der Waals surface area contributed by atoms with Crippen LogP contribution in [0.5, 0.6) is 11.6 Å². The summed E-state index contributed by atoms with van der Waals surface area (Å²) in [6, 6.07) is 5.73. The zero-order valence-electron chi connectivity index (χ0n) is 33.1. The van der Waals surface area contributed by atoms with E-state index >= 15 is 0 Å². The molecule has 6 aliphatic rings. The molecule has 1 aromatic carbocycles. The van der Waals surface area contributed by atoms with E-state index in [0.717, 1.165) is 81.6 Å². The number of alkyl carbamates (subject to hydrolysis) is 1. The lowest BCUT2D eigenvalue weighted by Crippen LogP contribution is -2.59. The van der Waals surface area contributed by atoms with Crippen molar-refractivity contribution in [1.82, 2.24) is 25.2 Å². The van der Waals surface area contributed by atoms with E-state index in [1.54, 1.807) is 7.11 Å². The Bertz CT molecular complexity index is 1980. The Morgan fingerprint density at radius 3 is 2.44 bits per heavy atom. The first kappa shape index (κ1) is 39.7. The van der Waals surface area contributed by atoms with E-state index in [2.05, 4.69) is 15.4 Å². The summed E-state index contributed by atoms with van der Waals surface area (Å²) in [6.07, 6.45) is 10.9. The number of fused-ring (bicyclic) bond motifs is 5. The number of rotatable bonds is 8. The maximum atomic E-state index is 14.9. The topological polar surface area (TPSA) is 182 Å². The van der Waals surface area contributed by atoms with Crippen molar-refractivity contribution < 1.29 is 41.8 Å². The zero-order valence-corrected chi connectivity index (χ0v) is 33.9. The Morgan fingerprint density at radius 1 is 0.965 bits per heavy atom. The van der Waals surface area contributed by atoms with Crippen molar-refractivity contribution in [2.24, 2.45) is 17.8 Å². The minimum absolute atomic E-state index is 0.0320. The van der Waals surface area contributed by atoms with Crippen LogP contribution in [0.1, 0.15) is 115 Å². The predicted octanol–water partition coefficient (Wildman–Crippen LogP) is 5.06. The number of hydrogen-bond donors (Lipinski definition) is 3. The summed E-state index contributed by atoms with van der Waals surface area (Å²) in [6.45, 7) is 1.93. The fourth-order valence-electron chi connectivity index (χ4n) is 10.1. The minimum Gasteiger partial charge on any atom is -0.496 e. The van der Waals surface area contributed by atoms with Crippen molar-refractivity contribution in [2.75, 3.05) is 13.7 Å². The quantitative estimate of drug-likeness (QED) is 0.326. The van der Waals surface area contributed by atoms with Gasteiger partial charge in [0.2, 0.25) is 27.7 Å². The average molecular weight is 808 g/mol. The van der Waals surface area contributed by atoms with Crippen molar-refractivity contribution in [1.29, 1.82) is 0 Å². The molecule has 4 saturated carbocycles. The molecular formula is C42H57N5O9S. The number of nitrogens with one attached hydrogen (secondary N) is 3. The van der Waals surface area contributed by atoms with Crippen molar-refractivity contribution in [3.63, 3.8) is 0 Å². The van der Waals surface area contributed by atoms with Gasteiger partial charge in [0.25, 0.3) is 5.91 Å². The third-order valence-corrected chi connectivity index (χ3v) is 15.4. The third kappa shape index (κ3) is 8.14. The van der Waals surface area contributed by atoms with Gasteiger partial charge in [-0.2, -0.15) is 0 Å². The van der Waals surface area contributed by atoms with Crippen LogP contribution in [-0.2, 0) is 35.6 Å². The highest BCUT2D eigenvalue weighted by atomic mass is 32.2. The van der Waals surface area contributed by atoms with Crippen molar-refractivity contribution in [2.45, 2.75) is 151 Å². The predicted molar refractivity (Wildman–Crippen MR) is 211 cm³/mol. The van der Waals surface area contributed by atoms with Crippen LogP contribution in [-0.4, -0.2) is 90.9 Å². The van der Waals surface area contributed by atoms with Crippen molar-refractivity contribution in [3.05, 3.63) is 29.8 Å². The molecule has 15 heteroatoms. The van der Waals surface area contributed by atoms with E-state index in [0.29, 0.717) is 42.8 Å². The SMILES string of the molecule is CC[C@@H]1C[C@]1(NC(=O)[C@@H]1C[C@@H]2CN1C(=O)[C@H](C1CCCC1)NC(=O)OC1CCC[C@H]1CCCCCc1c(nc3ccccc3c1OC)O2)C(=O)NS(=O)(=O)C1CC1. The fraction of sp³-hybridized carbons (Fsp3) is 0.690. The monoisotopic (exact) mass is 807 g/mol. The second-order valence-corrected chi connectivity index (χ2v) is 19.2. The van der Waals surface area contributed by atoms with Crippen LogP contribution in [0.4, 0.5) is 4.79 Å². The Kier molecular flexibility index (Phi) is 11.3. The number of nitrogens with zero attached hydrogens (tertiary/aromatic N) is 2. The third-order valence-electron chi connectivity index (χ3n) is 13.5. The fourth-order valence-corrected chi connectivity index (χ4v) is 11.5. The molecule has 4 aliphatic carbocycles. The molecule has 7 atom stereocenters. The molecule has 5 fully saturated rings. The normalized spacial score (nSPS) is 31.2. The molecule has 14 nitrogen and oxygen atoms in total. The van der Waals surface area contributed by atoms with Gasteiger partial charge in [0.1, 0.15) is 35.6 Å². The zero-order chi connectivity index (χ0) is 39.9. The van der Waals surface area contributed by atoms with Gasteiger partial charge in [-0.15, -0.1) is 0 Å².